The molecule has 2 atom stereocenters. The predicted molar refractivity (Wildman–Crippen MR) is 113 cm³/mol. The second kappa shape index (κ2) is 9.40. The Labute approximate surface area is 187 Å². The van der Waals surface area contributed by atoms with Gasteiger partial charge in [0, 0.05) is 22.1 Å². The number of nitrogens with zero attached hydrogens (tertiary/aromatic N) is 3. The van der Waals surface area contributed by atoms with Gasteiger partial charge in [0.2, 0.25) is 0 Å². The Balaban J connectivity index is 1.74. The first-order chi connectivity index (χ1) is 14.8. The molecular formula is C16H15N5O7S3. The van der Waals surface area contributed by atoms with Gasteiger partial charge in [0.1, 0.15) is 22.8 Å². The predicted octanol–water partition coefficient (Wildman–Crippen LogP) is 0.0196. The van der Waals surface area contributed by atoms with E-state index in [1.807, 2.05) is 0 Å². The second-order valence-electron chi connectivity index (χ2n) is 5.90. The van der Waals surface area contributed by atoms with Gasteiger partial charge in [0.15, 0.2) is 10.8 Å². The van der Waals surface area contributed by atoms with Crippen molar-refractivity contribution in [3.05, 3.63) is 33.2 Å². The first-order valence-corrected chi connectivity index (χ1v) is 11.2. The van der Waals surface area contributed by atoms with Crippen molar-refractivity contribution >= 4 is 69.5 Å². The lowest BCUT2D eigenvalue weighted by Gasteiger charge is -2.49. The van der Waals surface area contributed by atoms with Gasteiger partial charge in [0.25, 0.3) is 11.8 Å². The topological polar surface area (TPSA) is 185 Å². The number of aliphatic carboxylic acids is 1. The zero-order valence-corrected chi connectivity index (χ0v) is 18.1. The van der Waals surface area contributed by atoms with Crippen LogP contribution in [0.5, 0.6) is 0 Å². The Morgan fingerprint density at radius 2 is 2.23 bits per heavy atom. The Bertz CT molecular complexity index is 1030. The molecule has 0 bridgehead atoms. The first kappa shape index (κ1) is 22.6. The van der Waals surface area contributed by atoms with Crippen molar-refractivity contribution in [2.45, 2.75) is 11.4 Å². The monoisotopic (exact) mass is 485 g/mol. The van der Waals surface area contributed by atoms with Crippen molar-refractivity contribution in [1.82, 2.24) is 15.2 Å². The van der Waals surface area contributed by atoms with Crippen LogP contribution in [0, 0.1) is 0 Å². The molecule has 0 aliphatic carbocycles. The van der Waals surface area contributed by atoms with E-state index in [2.05, 4.69) is 20.2 Å². The van der Waals surface area contributed by atoms with Gasteiger partial charge >= 0.3 is 11.9 Å². The molecule has 3 heterocycles. The number of rotatable bonds is 7. The zero-order valence-electron chi connectivity index (χ0n) is 15.7. The number of carbonyl (C=O) groups excluding carboxylic acids is 3. The van der Waals surface area contributed by atoms with Crippen LogP contribution in [0.3, 0.4) is 0 Å². The maximum absolute atomic E-state index is 12.6. The molecule has 1 aromatic heterocycles. The molecule has 0 aromatic carbocycles. The molecule has 164 valence electrons. The average Bonchev–Trinajstić information content (AvgIpc) is 3.17. The molecule has 1 fully saturated rings. The third-order valence-corrected chi connectivity index (χ3v) is 7.15. The normalized spacial score (nSPS) is 21.0. The number of anilines is 1. The van der Waals surface area contributed by atoms with Crippen molar-refractivity contribution in [2.75, 3.05) is 18.6 Å². The van der Waals surface area contributed by atoms with Crippen LogP contribution >= 0.6 is 34.9 Å². The smallest absolute Gasteiger partial charge is 0.353 e. The van der Waals surface area contributed by atoms with Crippen molar-refractivity contribution in [2.24, 2.45) is 5.16 Å². The number of ether oxygens (including phenoxy) is 1. The van der Waals surface area contributed by atoms with Crippen LogP contribution in [-0.4, -0.2) is 73.9 Å². The van der Waals surface area contributed by atoms with E-state index >= 15 is 0 Å². The molecule has 15 heteroatoms. The summed E-state index contributed by atoms with van der Waals surface area (Å²) in [4.78, 5) is 53.4. The number of oxime groups is 1. The average molecular weight is 486 g/mol. The van der Waals surface area contributed by atoms with Crippen LogP contribution < -0.4 is 11.1 Å². The third-order valence-electron chi connectivity index (χ3n) is 4.12. The van der Waals surface area contributed by atoms with E-state index in [-0.39, 0.29) is 22.3 Å². The van der Waals surface area contributed by atoms with Crippen molar-refractivity contribution in [3.63, 3.8) is 0 Å². The number of amides is 2. The van der Waals surface area contributed by atoms with Crippen molar-refractivity contribution < 1.29 is 34.2 Å². The minimum atomic E-state index is -1.31. The lowest BCUT2D eigenvalue weighted by atomic mass is 10.0. The fourth-order valence-corrected chi connectivity index (χ4v) is 5.60. The zero-order chi connectivity index (χ0) is 22.7. The molecule has 2 amide bonds. The van der Waals surface area contributed by atoms with Crippen LogP contribution in [0.25, 0.3) is 0 Å². The number of methoxy groups -OCH3 is 1. The number of hydrogen-bond acceptors (Lipinski definition) is 12. The molecule has 5 N–H and O–H groups in total. The van der Waals surface area contributed by atoms with Crippen LogP contribution in [0.15, 0.2) is 32.6 Å². The Morgan fingerprint density at radius 3 is 2.81 bits per heavy atom. The number of hydrogen-bond donors (Lipinski definition) is 4. The number of nitrogen functional groups attached to an aromatic ring is 1. The summed E-state index contributed by atoms with van der Waals surface area (Å²) in [6, 6.07) is -1.02. The lowest BCUT2D eigenvalue weighted by molar-refractivity contribution is -0.150. The number of carbonyl (C=O) groups is 4. The van der Waals surface area contributed by atoms with Gasteiger partial charge in [-0.25, -0.2) is 14.6 Å². The molecule has 1 saturated heterocycles. The summed E-state index contributed by atoms with van der Waals surface area (Å²) < 4.78 is 4.47. The lowest BCUT2D eigenvalue weighted by Crippen LogP contribution is -2.71. The van der Waals surface area contributed by atoms with Crippen LogP contribution in [0.4, 0.5) is 5.13 Å². The largest absolute Gasteiger partial charge is 0.477 e. The molecule has 2 aliphatic heterocycles. The standard InChI is InChI=1S/C16H15N5O7S3/c1-28-8(22)2-3-29-7-5-30-14-10(13(24)21(14)11(7)15(25)26)19-12(23)9(20-27)6-4-31-16(17)18-6/h2-4,10,14,27H,5H2,1H3,(H2,17,18)(H,19,23)(H,25,26)/b3-2-,20-9-/t10-,14-/m1/s1. The van der Waals surface area contributed by atoms with Crippen molar-refractivity contribution in [3.8, 4) is 0 Å². The SMILES string of the molecule is COC(=O)/C=C\SC1=C(C(=O)O)N2C(=O)[C@@H](NC(=O)/C(=N\O)c3csc(N)n3)[C@H]2SC1. The molecule has 2 aliphatic rings. The number of carboxylic acid groups (broad SMARTS) is 1. The van der Waals surface area contributed by atoms with Gasteiger partial charge in [0.05, 0.1) is 7.11 Å². The van der Waals surface area contributed by atoms with E-state index in [4.69, 9.17) is 5.73 Å². The fourth-order valence-electron chi connectivity index (χ4n) is 2.74. The summed E-state index contributed by atoms with van der Waals surface area (Å²) in [6.07, 6.45) is 1.13. The van der Waals surface area contributed by atoms with Gasteiger partial charge in [-0.3, -0.25) is 14.5 Å². The van der Waals surface area contributed by atoms with E-state index in [0.29, 0.717) is 4.91 Å². The summed E-state index contributed by atoms with van der Waals surface area (Å²) in [6.45, 7) is 0. The fraction of sp³-hybridized carbons (Fsp3) is 0.250. The molecule has 0 spiro atoms. The Kier molecular flexibility index (Phi) is 6.87. The number of carboxylic acids is 1. The Hall–Kier alpha value is -3.04. The highest BCUT2D eigenvalue weighted by Gasteiger charge is 2.54. The maximum Gasteiger partial charge on any atom is 0.353 e. The summed E-state index contributed by atoms with van der Waals surface area (Å²) in [7, 11) is 1.21. The van der Waals surface area contributed by atoms with E-state index in [1.54, 1.807) is 0 Å². The minimum Gasteiger partial charge on any atom is -0.477 e. The van der Waals surface area contributed by atoms with Gasteiger partial charge in [-0.15, -0.1) is 23.1 Å². The van der Waals surface area contributed by atoms with E-state index in [1.165, 1.54) is 29.7 Å². The number of nitrogens with two attached hydrogens (primary N) is 1. The molecule has 0 radical (unpaired) electrons. The molecule has 31 heavy (non-hydrogen) atoms. The molecule has 3 rings (SSSR count). The summed E-state index contributed by atoms with van der Waals surface area (Å²) >= 11 is 3.27. The summed E-state index contributed by atoms with van der Waals surface area (Å²) in [5, 5.41) is 26.5. The number of thioether (sulfide) groups is 2. The molecule has 12 nitrogen and oxygen atoms in total. The quantitative estimate of drug-likeness (QED) is 0.102. The summed E-state index contributed by atoms with van der Waals surface area (Å²) in [5.41, 5.74) is 4.92. The third kappa shape index (κ3) is 4.52. The van der Waals surface area contributed by atoms with Crippen LogP contribution in [0.1, 0.15) is 5.69 Å². The van der Waals surface area contributed by atoms with Gasteiger partial charge < -0.3 is 26.1 Å². The minimum absolute atomic E-state index is 0.0460. The number of thiazole rings is 1. The van der Waals surface area contributed by atoms with E-state index < -0.39 is 40.9 Å². The van der Waals surface area contributed by atoms with Gasteiger partial charge in [-0.05, 0) is 5.41 Å². The van der Waals surface area contributed by atoms with Crippen LogP contribution in [-0.2, 0) is 23.9 Å². The second-order valence-corrected chi connectivity index (χ2v) is 8.90. The molecule has 0 saturated carbocycles. The highest BCUT2D eigenvalue weighted by Crippen LogP contribution is 2.43. The van der Waals surface area contributed by atoms with Crippen molar-refractivity contribution in [1.29, 1.82) is 0 Å². The van der Waals surface area contributed by atoms with E-state index in [0.717, 1.165) is 34.1 Å². The van der Waals surface area contributed by atoms with E-state index in [9.17, 15) is 29.5 Å². The summed E-state index contributed by atoms with van der Waals surface area (Å²) in [5.74, 6) is -3.16. The number of fused-ring (bicyclic) bond motifs is 1. The number of β-lactam (4-membered cyclic amide) rings is 1. The molecule has 1 aromatic rings. The highest BCUT2D eigenvalue weighted by molar-refractivity contribution is 8.08. The Morgan fingerprint density at radius 1 is 1.48 bits per heavy atom. The number of nitrogens with one attached hydrogen (secondary N) is 1. The van der Waals surface area contributed by atoms with Gasteiger partial charge in [-0.1, -0.05) is 16.9 Å². The number of aromatic nitrogens is 1. The maximum atomic E-state index is 12.6. The number of esters is 1. The highest BCUT2D eigenvalue weighted by atomic mass is 32.2. The first-order valence-electron chi connectivity index (χ1n) is 8.35. The molecule has 0 unspecified atom stereocenters. The van der Waals surface area contributed by atoms with Crippen LogP contribution in [0.2, 0.25) is 0 Å². The molecular weight excluding hydrogens is 470 g/mol. The van der Waals surface area contributed by atoms with Gasteiger partial charge in [-0.2, -0.15) is 0 Å².